The molecule has 3 rings (SSSR count). The number of fused-ring (bicyclic) bond motifs is 1. The van der Waals surface area contributed by atoms with Crippen LogP contribution in [0.25, 0.3) is 0 Å². The van der Waals surface area contributed by atoms with Crippen LogP contribution in [0.15, 0.2) is 47.1 Å². The monoisotopic (exact) mass is 318 g/mol. The second-order valence-corrected chi connectivity index (χ2v) is 5.42. The lowest BCUT2D eigenvalue weighted by Gasteiger charge is -2.20. The van der Waals surface area contributed by atoms with Gasteiger partial charge in [0, 0.05) is 34.0 Å². The summed E-state index contributed by atoms with van der Waals surface area (Å²) in [5.74, 6) is -0.404. The van der Waals surface area contributed by atoms with Gasteiger partial charge in [-0.25, -0.2) is 0 Å². The largest absolute Gasteiger partial charge is 0.375 e. The number of hydrogen-bond donors (Lipinski definition) is 2. The van der Waals surface area contributed by atoms with Crippen LogP contribution in [0.3, 0.4) is 0 Å². The van der Waals surface area contributed by atoms with Gasteiger partial charge in [0.15, 0.2) is 5.60 Å². The number of benzene rings is 1. The van der Waals surface area contributed by atoms with Gasteiger partial charge in [-0.2, -0.15) is 0 Å². The Bertz CT molecular complexity index is 642. The molecule has 2 aromatic rings. The molecule has 5 heteroatoms. The highest BCUT2D eigenvalue weighted by Crippen LogP contribution is 2.37. The summed E-state index contributed by atoms with van der Waals surface area (Å²) in [7, 11) is 0. The van der Waals surface area contributed by atoms with Gasteiger partial charge >= 0.3 is 0 Å². The minimum Gasteiger partial charge on any atom is -0.375 e. The van der Waals surface area contributed by atoms with Gasteiger partial charge in [0.25, 0.3) is 5.91 Å². The number of pyridine rings is 1. The van der Waals surface area contributed by atoms with E-state index in [0.29, 0.717) is 16.9 Å². The molecule has 4 nitrogen and oxygen atoms in total. The topological polar surface area (TPSA) is 62.2 Å². The first-order valence-corrected chi connectivity index (χ1v) is 6.63. The Morgan fingerprint density at radius 2 is 2.05 bits per heavy atom. The third-order valence-electron chi connectivity index (χ3n) is 3.22. The van der Waals surface area contributed by atoms with Crippen molar-refractivity contribution in [1.82, 2.24) is 4.98 Å². The van der Waals surface area contributed by atoms with Gasteiger partial charge in [-0.15, -0.1) is 0 Å². The zero-order valence-corrected chi connectivity index (χ0v) is 11.5. The van der Waals surface area contributed by atoms with Gasteiger partial charge in [0.05, 0.1) is 0 Å². The number of hydrogen-bond acceptors (Lipinski definition) is 3. The Balaban J connectivity index is 1.99. The number of rotatable bonds is 2. The second kappa shape index (κ2) is 4.43. The van der Waals surface area contributed by atoms with Crippen LogP contribution < -0.4 is 5.32 Å². The molecule has 1 aliphatic heterocycles. The summed E-state index contributed by atoms with van der Waals surface area (Å²) in [6.45, 7) is 0. The number of carbonyl (C=O) groups is 1. The van der Waals surface area contributed by atoms with Gasteiger partial charge in [0.2, 0.25) is 0 Å². The van der Waals surface area contributed by atoms with Crippen molar-refractivity contribution in [1.29, 1.82) is 0 Å². The van der Waals surface area contributed by atoms with E-state index in [4.69, 9.17) is 0 Å². The molecule has 1 unspecified atom stereocenters. The zero-order chi connectivity index (χ0) is 13.5. The van der Waals surface area contributed by atoms with Crippen molar-refractivity contribution >= 4 is 27.5 Å². The number of aromatic nitrogens is 1. The standard InChI is InChI=1S/C14H11BrN2O2/c15-9-5-6-10(16-8-9)7-14(19)11-3-1-2-4-12(11)17-13(14)18/h1-6,8,19H,7H2,(H,17,18). The third kappa shape index (κ3) is 2.05. The Morgan fingerprint density at radius 1 is 1.26 bits per heavy atom. The fraction of sp³-hybridized carbons (Fsp3) is 0.143. The molecule has 1 atom stereocenters. The quantitative estimate of drug-likeness (QED) is 0.892. The Morgan fingerprint density at radius 3 is 2.79 bits per heavy atom. The first-order valence-electron chi connectivity index (χ1n) is 5.83. The molecule has 0 bridgehead atoms. The van der Waals surface area contributed by atoms with Crippen LogP contribution in [0.4, 0.5) is 5.69 Å². The average molecular weight is 319 g/mol. The summed E-state index contributed by atoms with van der Waals surface area (Å²) < 4.78 is 0.861. The first kappa shape index (κ1) is 12.3. The van der Waals surface area contributed by atoms with Crippen molar-refractivity contribution in [2.75, 3.05) is 5.32 Å². The van der Waals surface area contributed by atoms with Crippen molar-refractivity contribution in [3.63, 3.8) is 0 Å². The molecular weight excluding hydrogens is 308 g/mol. The van der Waals surface area contributed by atoms with Gasteiger partial charge in [-0.1, -0.05) is 18.2 Å². The van der Waals surface area contributed by atoms with Gasteiger partial charge in [-0.3, -0.25) is 9.78 Å². The number of halogens is 1. The number of nitrogens with one attached hydrogen (secondary N) is 1. The van der Waals surface area contributed by atoms with Crippen LogP contribution in [0.1, 0.15) is 11.3 Å². The molecule has 0 saturated heterocycles. The van der Waals surface area contributed by atoms with Crippen molar-refractivity contribution in [3.8, 4) is 0 Å². The van der Waals surface area contributed by atoms with Crippen LogP contribution in [-0.4, -0.2) is 16.0 Å². The molecular formula is C14H11BrN2O2. The maximum absolute atomic E-state index is 12.0. The zero-order valence-electron chi connectivity index (χ0n) is 9.93. The molecule has 1 aliphatic rings. The fourth-order valence-electron chi connectivity index (χ4n) is 2.25. The minimum absolute atomic E-state index is 0.156. The average Bonchev–Trinajstić information content (AvgIpc) is 2.65. The smallest absolute Gasteiger partial charge is 0.261 e. The molecule has 2 N–H and O–H groups in total. The van der Waals surface area contributed by atoms with E-state index in [-0.39, 0.29) is 6.42 Å². The lowest BCUT2D eigenvalue weighted by atomic mass is 9.90. The van der Waals surface area contributed by atoms with E-state index in [1.54, 1.807) is 30.5 Å². The summed E-state index contributed by atoms with van der Waals surface area (Å²) in [6, 6.07) is 10.8. The fourth-order valence-corrected chi connectivity index (χ4v) is 2.48. The summed E-state index contributed by atoms with van der Waals surface area (Å²) in [4.78, 5) is 16.2. The molecule has 1 amide bonds. The van der Waals surface area contributed by atoms with E-state index < -0.39 is 11.5 Å². The predicted octanol–water partition coefficient (Wildman–Crippen LogP) is 2.23. The molecule has 1 aromatic carbocycles. The van der Waals surface area contributed by atoms with Crippen molar-refractivity contribution in [2.45, 2.75) is 12.0 Å². The number of carbonyl (C=O) groups excluding carboxylic acids is 1. The highest BCUT2D eigenvalue weighted by atomic mass is 79.9. The second-order valence-electron chi connectivity index (χ2n) is 4.50. The summed E-state index contributed by atoms with van der Waals surface area (Å²) in [5.41, 5.74) is 0.381. The predicted molar refractivity (Wildman–Crippen MR) is 74.6 cm³/mol. The van der Waals surface area contributed by atoms with E-state index >= 15 is 0 Å². The molecule has 0 aliphatic carbocycles. The lowest BCUT2D eigenvalue weighted by Crippen LogP contribution is -2.36. The van der Waals surface area contributed by atoms with Gasteiger partial charge in [-0.05, 0) is 34.1 Å². The Hall–Kier alpha value is -1.72. The van der Waals surface area contributed by atoms with Crippen LogP contribution in [0.2, 0.25) is 0 Å². The van der Waals surface area contributed by atoms with E-state index in [9.17, 15) is 9.90 Å². The van der Waals surface area contributed by atoms with Crippen LogP contribution in [0.5, 0.6) is 0 Å². The molecule has 96 valence electrons. The van der Waals surface area contributed by atoms with Gasteiger partial charge < -0.3 is 10.4 Å². The number of nitrogens with zero attached hydrogens (tertiary/aromatic N) is 1. The Kier molecular flexibility index (Phi) is 2.88. The summed E-state index contributed by atoms with van der Waals surface area (Å²) in [5, 5.41) is 13.4. The molecule has 0 radical (unpaired) electrons. The molecule has 0 fully saturated rings. The highest BCUT2D eigenvalue weighted by Gasteiger charge is 2.45. The molecule has 2 heterocycles. The van der Waals surface area contributed by atoms with Crippen LogP contribution in [0, 0.1) is 0 Å². The van der Waals surface area contributed by atoms with Gasteiger partial charge in [0.1, 0.15) is 0 Å². The molecule has 0 saturated carbocycles. The molecule has 0 spiro atoms. The third-order valence-corrected chi connectivity index (χ3v) is 3.69. The van der Waals surface area contributed by atoms with Crippen molar-refractivity contribution in [3.05, 3.63) is 58.3 Å². The van der Waals surface area contributed by atoms with E-state index in [1.165, 1.54) is 0 Å². The number of aliphatic hydroxyl groups is 1. The van der Waals surface area contributed by atoms with Crippen LogP contribution >= 0.6 is 15.9 Å². The van der Waals surface area contributed by atoms with Crippen LogP contribution in [-0.2, 0) is 16.8 Å². The highest BCUT2D eigenvalue weighted by molar-refractivity contribution is 9.10. The number of anilines is 1. The summed E-state index contributed by atoms with van der Waals surface area (Å²) in [6.07, 6.45) is 1.81. The van der Waals surface area contributed by atoms with Crippen molar-refractivity contribution in [2.24, 2.45) is 0 Å². The van der Waals surface area contributed by atoms with E-state index in [0.717, 1.165) is 4.47 Å². The number of amides is 1. The summed E-state index contributed by atoms with van der Waals surface area (Å²) >= 11 is 3.30. The molecule has 19 heavy (non-hydrogen) atoms. The normalized spacial score (nSPS) is 21.1. The molecule has 1 aromatic heterocycles. The Labute approximate surface area is 118 Å². The maximum atomic E-state index is 12.0. The van der Waals surface area contributed by atoms with E-state index in [2.05, 4.69) is 26.2 Å². The minimum atomic E-state index is -1.54. The lowest BCUT2D eigenvalue weighted by molar-refractivity contribution is -0.133. The maximum Gasteiger partial charge on any atom is 0.261 e. The number of para-hydroxylation sites is 1. The first-order chi connectivity index (χ1) is 9.09. The van der Waals surface area contributed by atoms with E-state index in [1.807, 2.05) is 12.1 Å². The SMILES string of the molecule is O=C1Nc2ccccc2C1(O)Cc1ccc(Br)cn1. The van der Waals surface area contributed by atoms with Crippen molar-refractivity contribution < 1.29 is 9.90 Å².